The highest BCUT2D eigenvalue weighted by Gasteiger charge is 2.08. The SMILES string of the molecule is CCO/C(=N\NC=O)c1ccc(F)c(F)c1. The molecule has 0 aliphatic rings. The van der Waals surface area contributed by atoms with Crippen molar-refractivity contribution in [3.8, 4) is 0 Å². The minimum atomic E-state index is -1.00. The van der Waals surface area contributed by atoms with Gasteiger partial charge in [-0.05, 0) is 25.1 Å². The quantitative estimate of drug-likeness (QED) is 0.366. The van der Waals surface area contributed by atoms with E-state index in [9.17, 15) is 13.6 Å². The van der Waals surface area contributed by atoms with Crippen molar-refractivity contribution in [2.75, 3.05) is 6.61 Å². The van der Waals surface area contributed by atoms with Crippen molar-refractivity contribution >= 4 is 12.3 Å². The lowest BCUT2D eigenvalue weighted by Gasteiger charge is -2.06. The summed E-state index contributed by atoms with van der Waals surface area (Å²) in [6.45, 7) is 1.99. The van der Waals surface area contributed by atoms with Crippen LogP contribution >= 0.6 is 0 Å². The number of amides is 1. The van der Waals surface area contributed by atoms with Crippen molar-refractivity contribution in [1.29, 1.82) is 0 Å². The molecule has 0 spiro atoms. The summed E-state index contributed by atoms with van der Waals surface area (Å²) in [6.07, 6.45) is 0.346. The van der Waals surface area contributed by atoms with E-state index in [1.165, 1.54) is 6.07 Å². The number of benzene rings is 1. The molecule has 1 aromatic carbocycles. The molecule has 0 aromatic heterocycles. The minimum Gasteiger partial charge on any atom is -0.477 e. The van der Waals surface area contributed by atoms with E-state index >= 15 is 0 Å². The molecule has 0 bridgehead atoms. The smallest absolute Gasteiger partial charge is 0.238 e. The molecule has 0 aliphatic heterocycles. The van der Waals surface area contributed by atoms with Crippen molar-refractivity contribution in [2.24, 2.45) is 5.10 Å². The predicted molar refractivity (Wildman–Crippen MR) is 53.7 cm³/mol. The normalized spacial score (nSPS) is 11.1. The van der Waals surface area contributed by atoms with Crippen LogP contribution in [0.3, 0.4) is 0 Å². The Hall–Kier alpha value is -1.98. The zero-order valence-electron chi connectivity index (χ0n) is 8.54. The molecule has 0 saturated heterocycles. The van der Waals surface area contributed by atoms with E-state index in [0.29, 0.717) is 13.0 Å². The van der Waals surface area contributed by atoms with E-state index in [1.807, 2.05) is 5.43 Å². The van der Waals surface area contributed by atoms with Gasteiger partial charge in [0, 0.05) is 5.56 Å². The first kappa shape index (κ1) is 12.1. The molecule has 86 valence electrons. The fourth-order valence-corrected chi connectivity index (χ4v) is 1.03. The van der Waals surface area contributed by atoms with Gasteiger partial charge in [-0.1, -0.05) is 0 Å². The van der Waals surface area contributed by atoms with E-state index < -0.39 is 11.6 Å². The topological polar surface area (TPSA) is 50.7 Å². The number of halogens is 2. The molecule has 1 N–H and O–H groups in total. The summed E-state index contributed by atoms with van der Waals surface area (Å²) in [5.41, 5.74) is 2.28. The summed E-state index contributed by atoms with van der Waals surface area (Å²) >= 11 is 0. The molecule has 6 heteroatoms. The van der Waals surface area contributed by atoms with Crippen molar-refractivity contribution in [3.63, 3.8) is 0 Å². The van der Waals surface area contributed by atoms with Gasteiger partial charge in [0.15, 0.2) is 11.6 Å². The molecule has 1 aromatic rings. The predicted octanol–water partition coefficient (Wildman–Crippen LogP) is 1.41. The van der Waals surface area contributed by atoms with E-state index in [2.05, 4.69) is 5.10 Å². The molecule has 0 radical (unpaired) electrons. The van der Waals surface area contributed by atoms with Gasteiger partial charge in [0.2, 0.25) is 12.3 Å². The highest BCUT2D eigenvalue weighted by atomic mass is 19.2. The Balaban J connectivity index is 3.00. The molecule has 1 rings (SSSR count). The van der Waals surface area contributed by atoms with Crippen LogP contribution in [0.15, 0.2) is 23.3 Å². The Kier molecular flexibility index (Phi) is 4.38. The number of hydrogen-bond acceptors (Lipinski definition) is 3. The summed E-state index contributed by atoms with van der Waals surface area (Å²) in [7, 11) is 0. The maximum Gasteiger partial charge on any atom is 0.238 e. The van der Waals surface area contributed by atoms with Gasteiger partial charge in [-0.25, -0.2) is 14.2 Å². The van der Waals surface area contributed by atoms with Crippen molar-refractivity contribution in [3.05, 3.63) is 35.4 Å². The first-order valence-corrected chi connectivity index (χ1v) is 4.54. The molecule has 4 nitrogen and oxygen atoms in total. The van der Waals surface area contributed by atoms with Crippen LogP contribution in [0.5, 0.6) is 0 Å². The molecular weight excluding hydrogens is 218 g/mol. The van der Waals surface area contributed by atoms with E-state index in [4.69, 9.17) is 4.74 Å². The molecule has 0 fully saturated rings. The van der Waals surface area contributed by atoms with E-state index in [1.54, 1.807) is 6.92 Å². The molecule has 1 amide bonds. The van der Waals surface area contributed by atoms with Gasteiger partial charge in [0.1, 0.15) is 0 Å². The van der Waals surface area contributed by atoms with Crippen LogP contribution in [0, 0.1) is 11.6 Å². The average molecular weight is 228 g/mol. The standard InChI is InChI=1S/C10H10F2N2O2/c1-2-16-10(14-13-6-15)7-3-4-8(11)9(12)5-7/h3-6H,2H2,1H3,(H,13,15)/b14-10-. The van der Waals surface area contributed by atoms with E-state index in [0.717, 1.165) is 12.1 Å². The number of nitrogens with zero attached hydrogens (tertiary/aromatic N) is 1. The minimum absolute atomic E-state index is 0.0218. The second kappa shape index (κ2) is 5.79. The van der Waals surface area contributed by atoms with Crippen LogP contribution in [-0.2, 0) is 9.53 Å². The summed E-state index contributed by atoms with van der Waals surface area (Å²) in [6, 6.07) is 3.20. The van der Waals surface area contributed by atoms with Crippen LogP contribution in [0.2, 0.25) is 0 Å². The highest BCUT2D eigenvalue weighted by Crippen LogP contribution is 2.10. The largest absolute Gasteiger partial charge is 0.477 e. The number of carbonyl (C=O) groups excluding carboxylic acids is 1. The second-order valence-corrected chi connectivity index (χ2v) is 2.73. The zero-order valence-corrected chi connectivity index (χ0v) is 8.54. The Morgan fingerprint density at radius 2 is 2.25 bits per heavy atom. The third-order valence-corrected chi connectivity index (χ3v) is 1.67. The molecule has 0 atom stereocenters. The fourth-order valence-electron chi connectivity index (χ4n) is 1.03. The van der Waals surface area contributed by atoms with Gasteiger partial charge in [0.25, 0.3) is 0 Å². The van der Waals surface area contributed by atoms with Gasteiger partial charge < -0.3 is 4.74 Å². The van der Waals surface area contributed by atoms with Crippen LogP contribution in [0.4, 0.5) is 8.78 Å². The monoisotopic (exact) mass is 228 g/mol. The third-order valence-electron chi connectivity index (χ3n) is 1.67. The van der Waals surface area contributed by atoms with Crippen LogP contribution < -0.4 is 5.43 Å². The molecular formula is C10H10F2N2O2. The number of hydrogen-bond donors (Lipinski definition) is 1. The van der Waals surface area contributed by atoms with Gasteiger partial charge in [-0.2, -0.15) is 0 Å². The Bertz CT molecular complexity index is 408. The lowest BCUT2D eigenvalue weighted by molar-refractivity contribution is -0.109. The van der Waals surface area contributed by atoms with Gasteiger partial charge in [0.05, 0.1) is 6.61 Å². The summed E-state index contributed by atoms with van der Waals surface area (Å²) in [4.78, 5) is 10.1. The second-order valence-electron chi connectivity index (χ2n) is 2.73. The molecule has 0 aliphatic carbocycles. The van der Waals surface area contributed by atoms with Gasteiger partial charge in [-0.3, -0.25) is 4.79 Å². The van der Waals surface area contributed by atoms with Crippen LogP contribution in [0.25, 0.3) is 0 Å². The molecule has 0 saturated carbocycles. The maximum atomic E-state index is 12.9. The lowest BCUT2D eigenvalue weighted by atomic mass is 10.2. The molecule has 0 heterocycles. The first-order valence-electron chi connectivity index (χ1n) is 4.54. The summed E-state index contributed by atoms with van der Waals surface area (Å²) in [5.74, 6) is -1.94. The summed E-state index contributed by atoms with van der Waals surface area (Å²) in [5, 5.41) is 3.56. The zero-order chi connectivity index (χ0) is 12.0. The fraction of sp³-hybridized carbons (Fsp3) is 0.200. The average Bonchev–Trinajstić information content (AvgIpc) is 2.28. The number of carbonyl (C=O) groups is 1. The lowest BCUT2D eigenvalue weighted by Crippen LogP contribution is -2.13. The van der Waals surface area contributed by atoms with E-state index in [-0.39, 0.29) is 11.5 Å². The Labute approximate surface area is 90.9 Å². The number of hydrazone groups is 1. The van der Waals surface area contributed by atoms with Crippen LogP contribution in [0.1, 0.15) is 12.5 Å². The van der Waals surface area contributed by atoms with Crippen molar-refractivity contribution in [2.45, 2.75) is 6.92 Å². The third kappa shape index (κ3) is 3.01. The van der Waals surface area contributed by atoms with Gasteiger partial charge in [-0.15, -0.1) is 5.10 Å². The van der Waals surface area contributed by atoms with Crippen LogP contribution in [-0.4, -0.2) is 18.9 Å². The summed E-state index contributed by atoms with van der Waals surface area (Å²) < 4.78 is 30.7. The Morgan fingerprint density at radius 1 is 1.50 bits per heavy atom. The van der Waals surface area contributed by atoms with Gasteiger partial charge >= 0.3 is 0 Å². The van der Waals surface area contributed by atoms with Crippen molar-refractivity contribution in [1.82, 2.24) is 5.43 Å². The molecule has 0 unspecified atom stereocenters. The first-order chi connectivity index (χ1) is 7.69. The molecule has 16 heavy (non-hydrogen) atoms. The maximum absolute atomic E-state index is 12.9. The highest BCUT2D eigenvalue weighted by molar-refractivity contribution is 5.94. The number of ether oxygens (including phenoxy) is 1. The number of nitrogens with one attached hydrogen (secondary N) is 1. The Morgan fingerprint density at radius 3 is 2.81 bits per heavy atom. The van der Waals surface area contributed by atoms with Crippen molar-refractivity contribution < 1.29 is 18.3 Å². The number of rotatable bonds is 4.